The van der Waals surface area contributed by atoms with Crippen molar-refractivity contribution in [2.45, 2.75) is 44.6 Å². The van der Waals surface area contributed by atoms with E-state index in [0.717, 1.165) is 59.0 Å². The van der Waals surface area contributed by atoms with Gasteiger partial charge in [0.2, 0.25) is 5.91 Å². The van der Waals surface area contributed by atoms with Crippen molar-refractivity contribution in [3.8, 4) is 0 Å². The van der Waals surface area contributed by atoms with Crippen LogP contribution in [0.25, 0.3) is 0 Å². The van der Waals surface area contributed by atoms with E-state index in [9.17, 15) is 4.79 Å². The molecule has 2 fully saturated rings. The van der Waals surface area contributed by atoms with Gasteiger partial charge >= 0.3 is 0 Å². The van der Waals surface area contributed by atoms with Crippen LogP contribution in [0.15, 0.2) is 4.99 Å². The van der Waals surface area contributed by atoms with Crippen molar-refractivity contribution in [2.24, 2.45) is 4.99 Å². The second-order valence-electron chi connectivity index (χ2n) is 7.74. The summed E-state index contributed by atoms with van der Waals surface area (Å²) in [5, 5.41) is 6.68. The molecule has 162 valence electrons. The molecule has 8 nitrogen and oxygen atoms in total. The summed E-state index contributed by atoms with van der Waals surface area (Å²) in [6, 6.07) is 0. The zero-order chi connectivity index (χ0) is 20.0. The molecule has 0 aromatic rings. The molecule has 2 rings (SSSR count). The first-order valence-electron chi connectivity index (χ1n) is 10.8. The zero-order valence-corrected chi connectivity index (χ0v) is 17.8. The van der Waals surface area contributed by atoms with Crippen LogP contribution in [0.2, 0.25) is 0 Å². The summed E-state index contributed by atoms with van der Waals surface area (Å²) >= 11 is 0. The quantitative estimate of drug-likeness (QED) is 0.321. The molecule has 1 aliphatic carbocycles. The standard InChI is InChI=1S/C20H39N5O3/c1-24(2)19(26)17-23-20(22-10-11-25-12-15-27-16-13-25)21-9-6-14-28-18-7-4-3-5-8-18/h18H,3-17H2,1-2H3,(H2,21,22,23). The Balaban J connectivity index is 1.66. The summed E-state index contributed by atoms with van der Waals surface area (Å²) in [4.78, 5) is 20.2. The molecule has 1 amide bonds. The van der Waals surface area contributed by atoms with E-state index in [2.05, 4.69) is 20.5 Å². The molecule has 0 radical (unpaired) electrons. The van der Waals surface area contributed by atoms with Crippen molar-refractivity contribution in [3.63, 3.8) is 0 Å². The Bertz CT molecular complexity index is 461. The topological polar surface area (TPSA) is 78.4 Å². The van der Waals surface area contributed by atoms with Gasteiger partial charge in [-0.3, -0.25) is 9.69 Å². The zero-order valence-electron chi connectivity index (χ0n) is 17.8. The number of amides is 1. The van der Waals surface area contributed by atoms with Crippen LogP contribution < -0.4 is 10.6 Å². The van der Waals surface area contributed by atoms with Gasteiger partial charge in [-0.15, -0.1) is 0 Å². The first-order valence-corrected chi connectivity index (χ1v) is 10.8. The monoisotopic (exact) mass is 397 g/mol. The number of rotatable bonds is 10. The molecular formula is C20H39N5O3. The minimum Gasteiger partial charge on any atom is -0.379 e. The highest BCUT2D eigenvalue weighted by Gasteiger charge is 2.13. The number of nitrogens with one attached hydrogen (secondary N) is 2. The lowest BCUT2D eigenvalue weighted by molar-refractivity contribution is -0.127. The average Bonchev–Trinajstić information content (AvgIpc) is 2.72. The van der Waals surface area contributed by atoms with Gasteiger partial charge < -0.3 is 25.0 Å². The molecule has 0 aromatic heterocycles. The fourth-order valence-corrected chi connectivity index (χ4v) is 3.38. The number of hydrogen-bond acceptors (Lipinski definition) is 5. The second kappa shape index (κ2) is 13.7. The van der Waals surface area contributed by atoms with Crippen molar-refractivity contribution in [3.05, 3.63) is 0 Å². The first kappa shape index (κ1) is 22.9. The Kier molecular flexibility index (Phi) is 11.2. The minimum absolute atomic E-state index is 0.00471. The number of aliphatic imine (C=N–C) groups is 1. The molecule has 1 heterocycles. The minimum atomic E-state index is -0.00471. The van der Waals surface area contributed by atoms with Gasteiger partial charge in [0.1, 0.15) is 6.54 Å². The van der Waals surface area contributed by atoms with Gasteiger partial charge in [-0.05, 0) is 19.3 Å². The first-order chi connectivity index (χ1) is 13.6. The van der Waals surface area contributed by atoms with Gasteiger partial charge in [0.15, 0.2) is 5.96 Å². The van der Waals surface area contributed by atoms with Crippen LogP contribution >= 0.6 is 0 Å². The molecule has 1 saturated heterocycles. The maximum Gasteiger partial charge on any atom is 0.243 e. The van der Waals surface area contributed by atoms with Crippen LogP contribution in [0.5, 0.6) is 0 Å². The number of hydrogen-bond donors (Lipinski definition) is 2. The van der Waals surface area contributed by atoms with E-state index in [-0.39, 0.29) is 12.5 Å². The highest BCUT2D eigenvalue weighted by atomic mass is 16.5. The second-order valence-corrected chi connectivity index (χ2v) is 7.74. The van der Waals surface area contributed by atoms with E-state index in [0.29, 0.717) is 12.1 Å². The van der Waals surface area contributed by atoms with Crippen LogP contribution in [0.4, 0.5) is 0 Å². The third-order valence-corrected chi connectivity index (χ3v) is 5.21. The Morgan fingerprint density at radius 1 is 1.14 bits per heavy atom. The van der Waals surface area contributed by atoms with Crippen molar-refractivity contribution in [1.82, 2.24) is 20.4 Å². The number of ether oxygens (including phenoxy) is 2. The van der Waals surface area contributed by atoms with Crippen LogP contribution in [0.1, 0.15) is 38.5 Å². The Labute approximate surface area is 170 Å². The molecule has 2 aliphatic rings. The molecule has 8 heteroatoms. The summed E-state index contributed by atoms with van der Waals surface area (Å²) in [6.07, 6.45) is 7.74. The number of carbonyl (C=O) groups excluding carboxylic acids is 1. The van der Waals surface area contributed by atoms with E-state index >= 15 is 0 Å². The summed E-state index contributed by atoms with van der Waals surface area (Å²) in [5.41, 5.74) is 0. The average molecular weight is 398 g/mol. The smallest absolute Gasteiger partial charge is 0.243 e. The maximum absolute atomic E-state index is 11.8. The maximum atomic E-state index is 11.8. The molecule has 1 saturated carbocycles. The lowest BCUT2D eigenvalue weighted by atomic mass is 9.98. The summed E-state index contributed by atoms with van der Waals surface area (Å²) in [5.74, 6) is 0.691. The van der Waals surface area contributed by atoms with E-state index in [1.54, 1.807) is 19.0 Å². The van der Waals surface area contributed by atoms with Crippen molar-refractivity contribution in [1.29, 1.82) is 0 Å². The predicted molar refractivity (Wildman–Crippen MR) is 112 cm³/mol. The number of guanidine groups is 1. The number of likely N-dealkylation sites (N-methyl/N-ethyl adjacent to an activating group) is 1. The van der Waals surface area contributed by atoms with Gasteiger partial charge in [-0.2, -0.15) is 0 Å². The van der Waals surface area contributed by atoms with Crippen molar-refractivity contribution in [2.75, 3.05) is 73.2 Å². The fourth-order valence-electron chi connectivity index (χ4n) is 3.38. The normalized spacial score (nSPS) is 19.4. The molecule has 0 spiro atoms. The lowest BCUT2D eigenvalue weighted by Crippen LogP contribution is -2.45. The van der Waals surface area contributed by atoms with Crippen LogP contribution in [0.3, 0.4) is 0 Å². The summed E-state index contributed by atoms with van der Waals surface area (Å²) < 4.78 is 11.4. The van der Waals surface area contributed by atoms with Gasteiger partial charge in [0.25, 0.3) is 0 Å². The molecule has 0 unspecified atom stereocenters. The van der Waals surface area contributed by atoms with Crippen molar-refractivity contribution < 1.29 is 14.3 Å². The number of morpholine rings is 1. The van der Waals surface area contributed by atoms with E-state index in [1.807, 2.05) is 0 Å². The van der Waals surface area contributed by atoms with E-state index in [1.165, 1.54) is 32.1 Å². The fraction of sp³-hybridized carbons (Fsp3) is 0.900. The van der Waals surface area contributed by atoms with Crippen LogP contribution in [0, 0.1) is 0 Å². The summed E-state index contributed by atoms with van der Waals surface area (Å²) in [6.45, 7) is 6.99. The molecule has 0 aromatic carbocycles. The van der Waals surface area contributed by atoms with E-state index < -0.39 is 0 Å². The number of carbonyl (C=O) groups is 1. The SMILES string of the molecule is CN(C)C(=O)CN=C(NCCCOC1CCCCC1)NCCN1CCOCC1. The Morgan fingerprint density at radius 3 is 2.57 bits per heavy atom. The van der Waals surface area contributed by atoms with Gasteiger partial charge in [0, 0.05) is 53.4 Å². The molecule has 1 aliphatic heterocycles. The highest BCUT2D eigenvalue weighted by molar-refractivity contribution is 5.84. The van der Waals surface area contributed by atoms with Gasteiger partial charge in [-0.1, -0.05) is 19.3 Å². The Morgan fingerprint density at radius 2 is 1.86 bits per heavy atom. The largest absolute Gasteiger partial charge is 0.379 e. The molecule has 28 heavy (non-hydrogen) atoms. The van der Waals surface area contributed by atoms with Gasteiger partial charge in [0.05, 0.1) is 19.3 Å². The van der Waals surface area contributed by atoms with Gasteiger partial charge in [-0.25, -0.2) is 4.99 Å². The molecule has 2 N–H and O–H groups in total. The predicted octanol–water partition coefficient (Wildman–Crippen LogP) is 0.681. The molecule has 0 atom stereocenters. The number of nitrogens with zero attached hydrogens (tertiary/aromatic N) is 3. The van der Waals surface area contributed by atoms with Crippen LogP contribution in [-0.4, -0.2) is 101 Å². The lowest BCUT2D eigenvalue weighted by Gasteiger charge is -2.26. The van der Waals surface area contributed by atoms with E-state index in [4.69, 9.17) is 9.47 Å². The molecular weight excluding hydrogens is 358 g/mol. The van der Waals surface area contributed by atoms with Crippen LogP contribution in [-0.2, 0) is 14.3 Å². The third kappa shape index (κ3) is 9.71. The molecule has 0 bridgehead atoms. The third-order valence-electron chi connectivity index (χ3n) is 5.21. The Hall–Kier alpha value is -1.38. The van der Waals surface area contributed by atoms with Crippen molar-refractivity contribution >= 4 is 11.9 Å². The highest BCUT2D eigenvalue weighted by Crippen LogP contribution is 2.20. The summed E-state index contributed by atoms with van der Waals surface area (Å²) in [7, 11) is 3.50.